The van der Waals surface area contributed by atoms with E-state index in [1.165, 1.54) is 0 Å². The highest BCUT2D eigenvalue weighted by Gasteiger charge is 2.33. The average molecular weight is 485 g/mol. The Hall–Kier alpha value is -1.91. The van der Waals surface area contributed by atoms with Gasteiger partial charge in [-0.25, -0.2) is 22.3 Å². The first-order valence-electron chi connectivity index (χ1n) is 11.6. The number of anilines is 2. The third kappa shape index (κ3) is 5.96. The molecular formula is C23H37FN4O4S. The summed E-state index contributed by atoms with van der Waals surface area (Å²) in [6, 6.07) is 2.85. The minimum absolute atomic E-state index is 0.0615. The van der Waals surface area contributed by atoms with Gasteiger partial charge in [-0.05, 0) is 66.5 Å². The number of hydrogen-bond donors (Lipinski definition) is 2. The van der Waals surface area contributed by atoms with Gasteiger partial charge in [0.25, 0.3) is 0 Å². The fourth-order valence-corrected chi connectivity index (χ4v) is 5.31. The van der Waals surface area contributed by atoms with Crippen molar-refractivity contribution in [1.82, 2.24) is 9.62 Å². The summed E-state index contributed by atoms with van der Waals surface area (Å²) in [5.74, 6) is -0.444. The summed E-state index contributed by atoms with van der Waals surface area (Å²) in [6.45, 7) is 12.8. The Labute approximate surface area is 196 Å². The Bertz CT molecular complexity index is 961. The van der Waals surface area contributed by atoms with Gasteiger partial charge in [-0.2, -0.15) is 0 Å². The summed E-state index contributed by atoms with van der Waals surface area (Å²) < 4.78 is 47.5. The Morgan fingerprint density at radius 2 is 1.70 bits per heavy atom. The molecule has 0 bridgehead atoms. The summed E-state index contributed by atoms with van der Waals surface area (Å²) >= 11 is 0. The Balaban J connectivity index is 1.60. The number of sulfonamides is 1. The van der Waals surface area contributed by atoms with Crippen molar-refractivity contribution >= 4 is 27.4 Å². The third-order valence-electron chi connectivity index (χ3n) is 6.27. The molecule has 8 nitrogen and oxygen atoms in total. The smallest absolute Gasteiger partial charge is 0.321 e. The molecule has 2 atom stereocenters. The number of hydrogen-bond acceptors (Lipinski definition) is 5. The standard InChI is InChI=1S/C23H37FN4O4S/c1-15-13-28(14-16(2)32-15)20-8-7-19(21(24)17(20)3)25-22(29)27-11-9-18(10-12-27)26-33(30,31)23(4,5)6/h7-8,15-16,18,26H,9-14H2,1-6H3,(H,25,29). The number of halogens is 1. The van der Waals surface area contributed by atoms with E-state index in [-0.39, 0.29) is 30.0 Å². The van der Waals surface area contributed by atoms with Gasteiger partial charge in [0.15, 0.2) is 5.82 Å². The maximum atomic E-state index is 15.1. The van der Waals surface area contributed by atoms with Gasteiger partial charge in [-0.1, -0.05) is 0 Å². The summed E-state index contributed by atoms with van der Waals surface area (Å²) in [5.41, 5.74) is 1.44. The lowest BCUT2D eigenvalue weighted by molar-refractivity contribution is -0.00526. The van der Waals surface area contributed by atoms with Crippen molar-refractivity contribution in [1.29, 1.82) is 0 Å². The summed E-state index contributed by atoms with van der Waals surface area (Å²) in [5, 5.41) is 2.69. The van der Waals surface area contributed by atoms with Crippen molar-refractivity contribution in [3.8, 4) is 0 Å². The quantitative estimate of drug-likeness (QED) is 0.683. The second-order valence-electron chi connectivity index (χ2n) is 10.2. The van der Waals surface area contributed by atoms with Crippen molar-refractivity contribution in [2.45, 2.75) is 77.4 Å². The zero-order valence-corrected chi connectivity index (χ0v) is 21.3. The van der Waals surface area contributed by atoms with Gasteiger partial charge >= 0.3 is 6.03 Å². The lowest BCUT2D eigenvalue weighted by atomic mass is 10.1. The lowest BCUT2D eigenvalue weighted by Crippen LogP contribution is -2.50. The Kier molecular flexibility index (Phi) is 7.60. The molecule has 186 valence electrons. The molecule has 0 aliphatic carbocycles. The maximum absolute atomic E-state index is 15.1. The average Bonchev–Trinajstić information content (AvgIpc) is 2.70. The molecule has 10 heteroatoms. The van der Waals surface area contributed by atoms with Crippen LogP contribution in [0.2, 0.25) is 0 Å². The van der Waals surface area contributed by atoms with Gasteiger partial charge in [0.1, 0.15) is 0 Å². The van der Waals surface area contributed by atoms with Gasteiger partial charge in [0, 0.05) is 43.5 Å². The number of piperidine rings is 1. The number of nitrogens with zero attached hydrogens (tertiary/aromatic N) is 2. The van der Waals surface area contributed by atoms with Crippen molar-refractivity contribution in [2.24, 2.45) is 0 Å². The molecule has 1 aromatic rings. The molecule has 33 heavy (non-hydrogen) atoms. The fraction of sp³-hybridized carbons (Fsp3) is 0.696. The second-order valence-corrected chi connectivity index (χ2v) is 12.6. The van der Waals surface area contributed by atoms with Crippen molar-refractivity contribution in [3.63, 3.8) is 0 Å². The SMILES string of the molecule is Cc1c(N2CC(C)OC(C)C2)ccc(NC(=O)N2CCC(NS(=O)(=O)C(C)(C)C)CC2)c1F. The number of morpholine rings is 1. The highest BCUT2D eigenvalue weighted by atomic mass is 32.2. The van der Waals surface area contributed by atoms with E-state index in [9.17, 15) is 13.2 Å². The second kappa shape index (κ2) is 9.76. The van der Waals surface area contributed by atoms with E-state index in [2.05, 4.69) is 14.9 Å². The molecule has 2 amide bonds. The van der Waals surface area contributed by atoms with E-state index >= 15 is 4.39 Å². The van der Waals surface area contributed by atoms with E-state index in [1.807, 2.05) is 19.9 Å². The van der Waals surface area contributed by atoms with Gasteiger partial charge in [-0.3, -0.25) is 0 Å². The predicted octanol–water partition coefficient (Wildman–Crippen LogP) is 3.46. The molecule has 3 rings (SSSR count). The monoisotopic (exact) mass is 484 g/mol. The van der Waals surface area contributed by atoms with E-state index in [4.69, 9.17) is 4.74 Å². The topological polar surface area (TPSA) is 91.0 Å². The molecule has 2 aliphatic rings. The van der Waals surface area contributed by atoms with Gasteiger partial charge in [0.2, 0.25) is 10.0 Å². The molecular weight excluding hydrogens is 447 g/mol. The number of carbonyl (C=O) groups is 1. The maximum Gasteiger partial charge on any atom is 0.321 e. The van der Waals surface area contributed by atoms with Crippen LogP contribution < -0.4 is 14.9 Å². The molecule has 1 aromatic carbocycles. The van der Waals surface area contributed by atoms with Crippen LogP contribution in [0.15, 0.2) is 12.1 Å². The van der Waals surface area contributed by atoms with E-state index < -0.39 is 20.6 Å². The minimum Gasteiger partial charge on any atom is -0.372 e. The molecule has 0 spiro atoms. The van der Waals surface area contributed by atoms with Crippen LogP contribution in [0.1, 0.15) is 53.0 Å². The van der Waals surface area contributed by atoms with Crippen LogP contribution in [-0.2, 0) is 14.8 Å². The Morgan fingerprint density at radius 1 is 1.12 bits per heavy atom. The number of urea groups is 1. The fourth-order valence-electron chi connectivity index (χ4n) is 4.28. The zero-order chi connectivity index (χ0) is 24.6. The highest BCUT2D eigenvalue weighted by molar-refractivity contribution is 7.90. The third-order valence-corrected chi connectivity index (χ3v) is 8.53. The lowest BCUT2D eigenvalue weighted by Gasteiger charge is -2.37. The molecule has 2 saturated heterocycles. The molecule has 2 heterocycles. The summed E-state index contributed by atoms with van der Waals surface area (Å²) in [4.78, 5) is 16.4. The van der Waals surface area contributed by atoms with Crippen LogP contribution in [0.25, 0.3) is 0 Å². The number of benzene rings is 1. The number of amides is 2. The molecule has 2 N–H and O–H groups in total. The molecule has 0 saturated carbocycles. The van der Waals surface area contributed by atoms with E-state index in [0.717, 1.165) is 5.69 Å². The van der Waals surface area contributed by atoms with Crippen LogP contribution in [0.4, 0.5) is 20.6 Å². The predicted molar refractivity (Wildman–Crippen MR) is 129 cm³/mol. The number of carbonyl (C=O) groups excluding carboxylic acids is 1. The summed E-state index contributed by atoms with van der Waals surface area (Å²) in [6.07, 6.45) is 1.14. The first kappa shape index (κ1) is 25.7. The van der Waals surface area contributed by atoms with Gasteiger partial charge < -0.3 is 19.9 Å². The van der Waals surface area contributed by atoms with Crippen molar-refractivity contribution < 1.29 is 22.3 Å². The van der Waals surface area contributed by atoms with Crippen LogP contribution in [0.3, 0.4) is 0 Å². The van der Waals surface area contributed by atoms with Crippen LogP contribution in [-0.4, -0.2) is 68.5 Å². The first-order valence-corrected chi connectivity index (χ1v) is 13.0. The molecule has 2 aliphatic heterocycles. The van der Waals surface area contributed by atoms with Crippen LogP contribution in [0.5, 0.6) is 0 Å². The van der Waals surface area contributed by atoms with Crippen molar-refractivity contribution in [3.05, 3.63) is 23.5 Å². The molecule has 0 aromatic heterocycles. The van der Waals surface area contributed by atoms with Gasteiger partial charge in [-0.15, -0.1) is 0 Å². The largest absolute Gasteiger partial charge is 0.372 e. The normalized spacial score (nSPS) is 23.0. The Morgan fingerprint density at radius 3 is 2.24 bits per heavy atom. The highest BCUT2D eigenvalue weighted by Crippen LogP contribution is 2.30. The molecule has 0 radical (unpaired) electrons. The minimum atomic E-state index is -3.44. The van der Waals surface area contributed by atoms with E-state index in [1.54, 1.807) is 38.7 Å². The van der Waals surface area contributed by atoms with Crippen LogP contribution >= 0.6 is 0 Å². The number of ether oxygens (including phenoxy) is 1. The number of likely N-dealkylation sites (tertiary alicyclic amines) is 1. The summed E-state index contributed by atoms with van der Waals surface area (Å²) in [7, 11) is -3.44. The molecule has 2 unspecified atom stereocenters. The van der Waals surface area contributed by atoms with Crippen LogP contribution in [0, 0.1) is 12.7 Å². The number of rotatable bonds is 4. The first-order chi connectivity index (χ1) is 15.3. The molecule has 2 fully saturated rings. The van der Waals surface area contributed by atoms with Gasteiger partial charge in [0.05, 0.1) is 22.6 Å². The zero-order valence-electron chi connectivity index (χ0n) is 20.4. The van der Waals surface area contributed by atoms with Crippen molar-refractivity contribution in [2.75, 3.05) is 36.4 Å². The number of nitrogens with one attached hydrogen (secondary N) is 2. The van der Waals surface area contributed by atoms with E-state index in [0.29, 0.717) is 44.6 Å².